The summed E-state index contributed by atoms with van der Waals surface area (Å²) in [5.74, 6) is 0.789. The summed E-state index contributed by atoms with van der Waals surface area (Å²) in [6.45, 7) is -0.0236. The number of ether oxygens (including phenoxy) is 1. The second-order valence-corrected chi connectivity index (χ2v) is 3.93. The predicted molar refractivity (Wildman–Crippen MR) is 80.1 cm³/mol. The van der Waals surface area contributed by atoms with Crippen LogP contribution >= 0.6 is 0 Å². The van der Waals surface area contributed by atoms with E-state index in [2.05, 4.69) is 15.2 Å². The van der Waals surface area contributed by atoms with E-state index in [9.17, 15) is 0 Å². The molecule has 0 amide bonds. The zero-order valence-corrected chi connectivity index (χ0v) is 11.2. The third-order valence-corrected chi connectivity index (χ3v) is 2.50. The molecular formula is C15H13N5O. The van der Waals surface area contributed by atoms with Gasteiger partial charge in [0.1, 0.15) is 17.5 Å². The molecule has 1 heterocycles. The molecule has 0 saturated heterocycles. The zero-order chi connectivity index (χ0) is 14.9. The van der Waals surface area contributed by atoms with E-state index in [1.54, 1.807) is 24.4 Å². The van der Waals surface area contributed by atoms with Crippen molar-refractivity contribution in [3.05, 3.63) is 59.9 Å². The van der Waals surface area contributed by atoms with Crippen molar-refractivity contribution in [3.63, 3.8) is 0 Å². The van der Waals surface area contributed by atoms with Crippen LogP contribution in [0.2, 0.25) is 0 Å². The van der Waals surface area contributed by atoms with Gasteiger partial charge >= 0.3 is 0 Å². The standard InChI is InChI=1S/C15H13N5O/c16-8-10-21-14-7-2-1-5-12(14)11-19-20-15(17)13-6-3-4-9-18-13/h1-7,9,11H,10H2,(H2,17,20)/b19-11+. The van der Waals surface area contributed by atoms with Crippen molar-refractivity contribution < 1.29 is 4.74 Å². The quantitative estimate of drug-likeness (QED) is 0.512. The van der Waals surface area contributed by atoms with Crippen LogP contribution < -0.4 is 10.5 Å². The van der Waals surface area contributed by atoms with Crippen LogP contribution in [0.4, 0.5) is 0 Å². The first-order chi connectivity index (χ1) is 10.3. The molecule has 0 spiro atoms. The molecule has 0 aliphatic rings. The number of para-hydroxylation sites is 1. The number of pyridine rings is 1. The molecular weight excluding hydrogens is 266 g/mol. The Bertz CT molecular complexity index is 689. The molecule has 2 aromatic rings. The molecule has 21 heavy (non-hydrogen) atoms. The monoisotopic (exact) mass is 279 g/mol. The van der Waals surface area contributed by atoms with Crippen molar-refractivity contribution in [2.45, 2.75) is 0 Å². The lowest BCUT2D eigenvalue weighted by atomic mass is 10.2. The third-order valence-electron chi connectivity index (χ3n) is 2.50. The van der Waals surface area contributed by atoms with Gasteiger partial charge in [-0.05, 0) is 24.3 Å². The lowest BCUT2D eigenvalue weighted by Gasteiger charge is -2.04. The molecule has 104 valence electrons. The number of rotatable bonds is 5. The number of hydrogen-bond donors (Lipinski definition) is 1. The van der Waals surface area contributed by atoms with Gasteiger partial charge in [0.05, 0.1) is 6.21 Å². The molecule has 0 aliphatic carbocycles. The normalized spacial score (nSPS) is 11.3. The van der Waals surface area contributed by atoms with E-state index in [4.69, 9.17) is 15.7 Å². The molecule has 0 radical (unpaired) electrons. The van der Waals surface area contributed by atoms with Crippen molar-refractivity contribution in [1.82, 2.24) is 4.98 Å². The molecule has 1 aromatic carbocycles. The first-order valence-electron chi connectivity index (χ1n) is 6.18. The van der Waals surface area contributed by atoms with Crippen molar-refractivity contribution in [2.75, 3.05) is 6.61 Å². The van der Waals surface area contributed by atoms with E-state index in [0.29, 0.717) is 17.0 Å². The van der Waals surface area contributed by atoms with E-state index in [1.165, 1.54) is 6.21 Å². The van der Waals surface area contributed by atoms with Crippen LogP contribution in [-0.4, -0.2) is 23.6 Å². The number of nitriles is 1. The Morgan fingerprint density at radius 1 is 1.29 bits per heavy atom. The molecule has 2 rings (SSSR count). The number of amidine groups is 1. The van der Waals surface area contributed by atoms with Gasteiger partial charge in [-0.15, -0.1) is 5.10 Å². The maximum absolute atomic E-state index is 8.54. The lowest BCUT2D eigenvalue weighted by Crippen LogP contribution is -2.14. The second kappa shape index (κ2) is 7.40. The minimum absolute atomic E-state index is 0.0236. The summed E-state index contributed by atoms with van der Waals surface area (Å²) >= 11 is 0. The van der Waals surface area contributed by atoms with E-state index in [1.807, 2.05) is 30.3 Å². The Labute approximate surface area is 122 Å². The first-order valence-corrected chi connectivity index (χ1v) is 6.18. The minimum atomic E-state index is -0.0236. The average Bonchev–Trinajstić information content (AvgIpc) is 2.54. The number of benzene rings is 1. The van der Waals surface area contributed by atoms with Gasteiger partial charge in [-0.25, -0.2) is 0 Å². The molecule has 6 heteroatoms. The summed E-state index contributed by atoms with van der Waals surface area (Å²) in [6.07, 6.45) is 3.15. The molecule has 6 nitrogen and oxygen atoms in total. The van der Waals surface area contributed by atoms with Crippen molar-refractivity contribution in [2.24, 2.45) is 15.9 Å². The van der Waals surface area contributed by atoms with E-state index in [-0.39, 0.29) is 12.4 Å². The van der Waals surface area contributed by atoms with Crippen LogP contribution in [0.15, 0.2) is 58.9 Å². The second-order valence-electron chi connectivity index (χ2n) is 3.93. The fourth-order valence-corrected chi connectivity index (χ4v) is 1.55. The van der Waals surface area contributed by atoms with Crippen LogP contribution in [0, 0.1) is 11.3 Å². The molecule has 0 aliphatic heterocycles. The van der Waals surface area contributed by atoms with E-state index < -0.39 is 0 Å². The number of hydrogen-bond acceptors (Lipinski definition) is 5. The Kier molecular flexibility index (Phi) is 5.01. The maximum atomic E-state index is 8.54. The number of nitrogens with zero attached hydrogens (tertiary/aromatic N) is 4. The van der Waals surface area contributed by atoms with Gasteiger partial charge in [0.15, 0.2) is 12.4 Å². The van der Waals surface area contributed by atoms with Crippen LogP contribution in [0.1, 0.15) is 11.3 Å². The highest BCUT2D eigenvalue weighted by Gasteiger charge is 2.00. The van der Waals surface area contributed by atoms with Crippen LogP contribution in [0.3, 0.4) is 0 Å². The first kappa shape index (κ1) is 14.2. The van der Waals surface area contributed by atoms with Gasteiger partial charge in [-0.2, -0.15) is 10.4 Å². The Morgan fingerprint density at radius 2 is 2.10 bits per heavy atom. The predicted octanol–water partition coefficient (Wildman–Crippen LogP) is 1.72. The van der Waals surface area contributed by atoms with Gasteiger partial charge in [-0.3, -0.25) is 4.98 Å². The summed E-state index contributed by atoms with van der Waals surface area (Å²) in [7, 11) is 0. The van der Waals surface area contributed by atoms with Gasteiger partial charge in [0.25, 0.3) is 0 Å². The van der Waals surface area contributed by atoms with Crippen molar-refractivity contribution in [1.29, 1.82) is 5.26 Å². The Morgan fingerprint density at radius 3 is 2.86 bits per heavy atom. The fourth-order valence-electron chi connectivity index (χ4n) is 1.55. The number of nitrogens with two attached hydrogens (primary N) is 1. The molecule has 0 bridgehead atoms. The zero-order valence-electron chi connectivity index (χ0n) is 11.2. The SMILES string of the molecule is N#CCOc1ccccc1/C=N/N=C(\N)c1ccccn1. The molecule has 1 aromatic heterocycles. The smallest absolute Gasteiger partial charge is 0.174 e. The summed E-state index contributed by atoms with van der Waals surface area (Å²) in [6, 6.07) is 14.5. The highest BCUT2D eigenvalue weighted by atomic mass is 16.5. The molecule has 0 fully saturated rings. The van der Waals surface area contributed by atoms with Gasteiger partial charge in [-0.1, -0.05) is 18.2 Å². The van der Waals surface area contributed by atoms with E-state index >= 15 is 0 Å². The summed E-state index contributed by atoms with van der Waals surface area (Å²) < 4.78 is 5.28. The molecule has 0 atom stereocenters. The Hall–Kier alpha value is -3.20. The minimum Gasteiger partial charge on any atom is -0.478 e. The Balaban J connectivity index is 2.13. The van der Waals surface area contributed by atoms with Crippen molar-refractivity contribution in [3.8, 4) is 11.8 Å². The average molecular weight is 279 g/mol. The topological polar surface area (TPSA) is 96.6 Å². The fraction of sp³-hybridized carbons (Fsp3) is 0.0667. The molecule has 0 saturated carbocycles. The van der Waals surface area contributed by atoms with Crippen LogP contribution in [0.5, 0.6) is 5.75 Å². The lowest BCUT2D eigenvalue weighted by molar-refractivity contribution is 0.367. The largest absolute Gasteiger partial charge is 0.478 e. The van der Waals surface area contributed by atoms with Gasteiger partial charge < -0.3 is 10.5 Å². The highest BCUT2D eigenvalue weighted by Crippen LogP contribution is 2.15. The summed E-state index contributed by atoms with van der Waals surface area (Å²) in [4.78, 5) is 4.07. The van der Waals surface area contributed by atoms with Crippen LogP contribution in [-0.2, 0) is 0 Å². The number of aromatic nitrogens is 1. The maximum Gasteiger partial charge on any atom is 0.174 e. The third kappa shape index (κ3) is 4.14. The van der Waals surface area contributed by atoms with Gasteiger partial charge in [0, 0.05) is 11.8 Å². The van der Waals surface area contributed by atoms with Gasteiger partial charge in [0.2, 0.25) is 0 Å². The molecule has 0 unspecified atom stereocenters. The molecule has 2 N–H and O–H groups in total. The van der Waals surface area contributed by atoms with E-state index in [0.717, 1.165) is 0 Å². The summed E-state index contributed by atoms with van der Waals surface area (Å²) in [5.41, 5.74) is 7.05. The highest BCUT2D eigenvalue weighted by molar-refractivity contribution is 5.96. The van der Waals surface area contributed by atoms with Crippen LogP contribution in [0.25, 0.3) is 0 Å². The van der Waals surface area contributed by atoms with Crippen molar-refractivity contribution >= 4 is 12.1 Å². The summed E-state index contributed by atoms with van der Waals surface area (Å²) in [5, 5.41) is 16.4.